The van der Waals surface area contributed by atoms with Gasteiger partial charge in [0.25, 0.3) is 0 Å². The molecular formula is C14H19NO2. The lowest BCUT2D eigenvalue weighted by atomic mass is 10.2. The maximum Gasteiger partial charge on any atom is 0.418 e. The van der Waals surface area contributed by atoms with Crippen LogP contribution in [0.1, 0.15) is 27.7 Å². The average molecular weight is 233 g/mol. The van der Waals surface area contributed by atoms with Crippen LogP contribution in [0.3, 0.4) is 0 Å². The van der Waals surface area contributed by atoms with Gasteiger partial charge < -0.3 is 4.74 Å². The van der Waals surface area contributed by atoms with Crippen LogP contribution in [-0.4, -0.2) is 16.3 Å². The summed E-state index contributed by atoms with van der Waals surface area (Å²) in [6.07, 6.45) is 6.72. The molecule has 1 heterocycles. The lowest BCUT2D eigenvalue weighted by Crippen LogP contribution is -2.36. The van der Waals surface area contributed by atoms with Crippen LogP contribution in [0.25, 0.3) is 12.2 Å². The molecule has 0 saturated heterocycles. The number of hydrogen-bond donors (Lipinski definition) is 0. The molecule has 0 N–H and O–H groups in total. The highest BCUT2D eigenvalue weighted by atomic mass is 16.6. The molecule has 3 heteroatoms. The molecular weight excluding hydrogens is 214 g/mol. The number of allylic oxidation sites excluding steroid dienone is 1. The summed E-state index contributed by atoms with van der Waals surface area (Å²) in [7, 11) is 0. The second kappa shape index (κ2) is 5.04. The molecule has 0 atom stereocenters. The smallest absolute Gasteiger partial charge is 0.418 e. The number of aromatic nitrogens is 1. The Morgan fingerprint density at radius 2 is 2.12 bits per heavy atom. The Kier molecular flexibility index (Phi) is 3.94. The van der Waals surface area contributed by atoms with Gasteiger partial charge >= 0.3 is 6.09 Å². The van der Waals surface area contributed by atoms with Crippen molar-refractivity contribution in [1.82, 2.24) is 4.57 Å². The maximum absolute atomic E-state index is 12.0. The van der Waals surface area contributed by atoms with Crippen molar-refractivity contribution in [3.05, 3.63) is 35.5 Å². The van der Waals surface area contributed by atoms with E-state index in [1.165, 1.54) is 4.57 Å². The van der Waals surface area contributed by atoms with E-state index in [0.29, 0.717) is 0 Å². The van der Waals surface area contributed by atoms with Crippen molar-refractivity contribution in [2.24, 2.45) is 0 Å². The molecule has 1 rings (SSSR count). The molecule has 0 saturated carbocycles. The molecule has 0 bridgehead atoms. The first-order valence-electron chi connectivity index (χ1n) is 5.59. The molecule has 0 spiro atoms. The molecule has 0 aliphatic carbocycles. The van der Waals surface area contributed by atoms with Gasteiger partial charge in [0.1, 0.15) is 5.60 Å². The van der Waals surface area contributed by atoms with Crippen LogP contribution >= 0.6 is 0 Å². The third-order valence-electron chi connectivity index (χ3n) is 2.14. The Bertz CT molecular complexity index is 530. The van der Waals surface area contributed by atoms with Gasteiger partial charge in [0.15, 0.2) is 0 Å². The molecule has 1 aromatic heterocycles. The summed E-state index contributed by atoms with van der Waals surface area (Å²) in [6.45, 7) is 11.1. The molecule has 0 aliphatic rings. The van der Waals surface area contributed by atoms with E-state index in [-0.39, 0.29) is 6.09 Å². The van der Waals surface area contributed by atoms with Crippen molar-refractivity contribution in [2.45, 2.75) is 33.3 Å². The third-order valence-corrected chi connectivity index (χ3v) is 2.14. The summed E-state index contributed by atoms with van der Waals surface area (Å²) >= 11 is 0. The van der Waals surface area contributed by atoms with E-state index in [1.54, 1.807) is 18.3 Å². The van der Waals surface area contributed by atoms with Crippen molar-refractivity contribution in [2.75, 3.05) is 0 Å². The van der Waals surface area contributed by atoms with E-state index in [1.807, 2.05) is 39.8 Å². The zero-order valence-electron chi connectivity index (χ0n) is 10.9. The van der Waals surface area contributed by atoms with Crippen molar-refractivity contribution in [3.63, 3.8) is 0 Å². The third kappa shape index (κ3) is 3.34. The second-order valence-electron chi connectivity index (χ2n) is 4.70. The topological polar surface area (TPSA) is 31.2 Å². The highest BCUT2D eigenvalue weighted by Gasteiger charge is 2.17. The minimum atomic E-state index is -0.497. The van der Waals surface area contributed by atoms with Gasteiger partial charge in [-0.05, 0) is 45.1 Å². The number of hydrogen-bond acceptors (Lipinski definition) is 2. The largest absolute Gasteiger partial charge is 0.443 e. The Hall–Kier alpha value is -1.77. The summed E-state index contributed by atoms with van der Waals surface area (Å²) in [6, 6.07) is 1.87. The van der Waals surface area contributed by atoms with E-state index in [0.717, 1.165) is 10.6 Å². The molecule has 3 nitrogen and oxygen atoms in total. The highest BCUT2D eigenvalue weighted by Crippen LogP contribution is 2.07. The molecule has 17 heavy (non-hydrogen) atoms. The van der Waals surface area contributed by atoms with Crippen molar-refractivity contribution < 1.29 is 9.53 Å². The predicted molar refractivity (Wildman–Crippen MR) is 70.1 cm³/mol. The zero-order chi connectivity index (χ0) is 13.1. The van der Waals surface area contributed by atoms with Crippen molar-refractivity contribution in [1.29, 1.82) is 0 Å². The average Bonchev–Trinajstić information content (AvgIpc) is 2.59. The van der Waals surface area contributed by atoms with Gasteiger partial charge in [0, 0.05) is 6.20 Å². The first-order chi connectivity index (χ1) is 7.89. The molecule has 0 aliphatic heterocycles. The first kappa shape index (κ1) is 13.3. The monoisotopic (exact) mass is 233 g/mol. The molecule has 0 amide bonds. The van der Waals surface area contributed by atoms with Gasteiger partial charge in [-0.15, -0.1) is 0 Å². The SMILES string of the molecule is C=C/C=c1\c(=C/C)ccn1C(=O)OC(C)(C)C. The summed E-state index contributed by atoms with van der Waals surface area (Å²) in [5.41, 5.74) is -0.497. The van der Waals surface area contributed by atoms with Gasteiger partial charge in [-0.1, -0.05) is 18.7 Å². The minimum absolute atomic E-state index is 0.376. The van der Waals surface area contributed by atoms with Crippen LogP contribution in [0.5, 0.6) is 0 Å². The quantitative estimate of drug-likeness (QED) is 0.743. The van der Waals surface area contributed by atoms with Crippen LogP contribution < -0.4 is 10.6 Å². The molecule has 1 aromatic rings. The van der Waals surface area contributed by atoms with Crippen LogP contribution in [0.2, 0.25) is 0 Å². The number of nitrogens with zero attached hydrogens (tertiary/aromatic N) is 1. The fourth-order valence-electron chi connectivity index (χ4n) is 1.46. The fourth-order valence-corrected chi connectivity index (χ4v) is 1.46. The maximum atomic E-state index is 12.0. The number of ether oxygens (including phenoxy) is 1. The summed E-state index contributed by atoms with van der Waals surface area (Å²) < 4.78 is 6.81. The number of rotatable bonds is 1. The highest BCUT2D eigenvalue weighted by molar-refractivity contribution is 5.71. The lowest BCUT2D eigenvalue weighted by molar-refractivity contribution is 0.0532. The molecule has 0 aromatic carbocycles. The van der Waals surface area contributed by atoms with Crippen LogP contribution in [0, 0.1) is 0 Å². The Balaban J connectivity index is 3.25. The van der Waals surface area contributed by atoms with Gasteiger partial charge in [-0.25, -0.2) is 4.79 Å². The Labute approximate surface area is 102 Å². The summed E-state index contributed by atoms with van der Waals surface area (Å²) in [5.74, 6) is 0. The van der Waals surface area contributed by atoms with Gasteiger partial charge in [0.05, 0.1) is 5.35 Å². The zero-order valence-corrected chi connectivity index (χ0v) is 10.9. The summed E-state index contributed by atoms with van der Waals surface area (Å²) in [4.78, 5) is 12.0. The second-order valence-corrected chi connectivity index (χ2v) is 4.70. The van der Waals surface area contributed by atoms with E-state index in [9.17, 15) is 4.79 Å². The number of carbonyl (C=O) groups excluding carboxylic acids is 1. The predicted octanol–water partition coefficient (Wildman–Crippen LogP) is 2.04. The Morgan fingerprint density at radius 1 is 1.47 bits per heavy atom. The van der Waals surface area contributed by atoms with Crippen LogP contribution in [0.4, 0.5) is 4.79 Å². The summed E-state index contributed by atoms with van der Waals surface area (Å²) in [5, 5.41) is 1.77. The van der Waals surface area contributed by atoms with Gasteiger partial charge in [-0.3, -0.25) is 4.57 Å². The van der Waals surface area contributed by atoms with Crippen molar-refractivity contribution in [3.8, 4) is 0 Å². The molecule has 0 radical (unpaired) electrons. The molecule has 0 fully saturated rings. The molecule has 92 valence electrons. The van der Waals surface area contributed by atoms with E-state index >= 15 is 0 Å². The van der Waals surface area contributed by atoms with E-state index in [4.69, 9.17) is 4.74 Å². The Morgan fingerprint density at radius 3 is 2.59 bits per heavy atom. The van der Waals surface area contributed by atoms with E-state index in [2.05, 4.69) is 6.58 Å². The van der Waals surface area contributed by atoms with E-state index < -0.39 is 5.60 Å². The van der Waals surface area contributed by atoms with Gasteiger partial charge in [0.2, 0.25) is 0 Å². The standard InChI is InChI=1S/C14H19NO2/c1-6-8-12-11(7-2)9-10-15(12)13(16)17-14(3,4)5/h6-10H,1H2,2-5H3/b11-7-,12-8+. The normalized spacial score (nSPS) is 13.9. The number of carbonyl (C=O) groups is 1. The van der Waals surface area contributed by atoms with Crippen molar-refractivity contribution >= 4 is 18.2 Å². The van der Waals surface area contributed by atoms with Gasteiger partial charge in [-0.2, -0.15) is 0 Å². The van der Waals surface area contributed by atoms with Crippen LogP contribution in [0.15, 0.2) is 24.9 Å². The molecule has 0 unspecified atom stereocenters. The first-order valence-corrected chi connectivity index (χ1v) is 5.59. The lowest BCUT2D eigenvalue weighted by Gasteiger charge is -2.19. The van der Waals surface area contributed by atoms with Crippen LogP contribution in [-0.2, 0) is 4.74 Å². The minimum Gasteiger partial charge on any atom is -0.443 e. The fraction of sp³-hybridized carbons (Fsp3) is 0.357.